The molecular weight excluding hydrogens is 765 g/mol. The summed E-state index contributed by atoms with van der Waals surface area (Å²) < 4.78 is 14.1. The Labute approximate surface area is 371 Å². The first-order chi connectivity index (χ1) is 30.5. The van der Waals surface area contributed by atoms with E-state index in [2.05, 4.69) is 217 Å². The van der Waals surface area contributed by atoms with Crippen LogP contribution in [0.25, 0.3) is 33.4 Å². The van der Waals surface area contributed by atoms with Crippen molar-refractivity contribution >= 4 is 29.6 Å². The maximum absolute atomic E-state index is 7.07. The van der Waals surface area contributed by atoms with Crippen LogP contribution in [0.1, 0.15) is 88.9 Å². The van der Waals surface area contributed by atoms with Crippen LogP contribution in [-0.2, 0) is 20.1 Å². The first kappa shape index (κ1) is 37.1. The Morgan fingerprint density at radius 1 is 0.413 bits per heavy atom. The van der Waals surface area contributed by atoms with Gasteiger partial charge in [-0.25, -0.2) is 0 Å². The third-order valence-electron chi connectivity index (χ3n) is 15.8. The van der Waals surface area contributed by atoms with Crippen molar-refractivity contribution in [3.05, 3.63) is 225 Å². The van der Waals surface area contributed by atoms with Crippen molar-refractivity contribution in [2.24, 2.45) is 0 Å². The highest BCUT2D eigenvalue weighted by atomic mass is 16.7. The minimum absolute atomic E-state index is 0.526. The molecule has 0 atom stereocenters. The summed E-state index contributed by atoms with van der Waals surface area (Å²) in [5, 5.41) is 0. The highest BCUT2D eigenvalue weighted by molar-refractivity contribution is 6.64. The fourth-order valence-electron chi connectivity index (χ4n) is 12.8. The molecule has 2 aliphatic carbocycles. The van der Waals surface area contributed by atoms with Gasteiger partial charge in [0.05, 0.1) is 39.1 Å². The van der Waals surface area contributed by atoms with Crippen LogP contribution in [0.3, 0.4) is 0 Å². The number of anilines is 3. The standard InChI is InChI=1S/C59H48BNO2/c1-35-31-36(2)53(37(3)32-35)38-33-49-54-50(34-38)59(45-25-14-10-21-41(45)42-22-11-15-26-46(42)59)48-28-18-29-51(60-62-56(4,5)57(6,7)63-60)55(48)61(54)52-30-17-16-27-47(52)58(49)43-23-12-8-19-39(43)40-20-9-13-24-44(40)58/h8-34H,1-7H3. The summed E-state index contributed by atoms with van der Waals surface area (Å²) >= 11 is 0. The van der Waals surface area contributed by atoms with E-state index in [1.54, 1.807) is 0 Å². The molecule has 1 saturated heterocycles. The lowest BCUT2D eigenvalue weighted by molar-refractivity contribution is 0.00578. The topological polar surface area (TPSA) is 21.7 Å². The van der Waals surface area contributed by atoms with E-state index in [0.29, 0.717) is 0 Å². The molecule has 3 heterocycles. The predicted octanol–water partition coefficient (Wildman–Crippen LogP) is 13.4. The summed E-state index contributed by atoms with van der Waals surface area (Å²) in [6.45, 7) is 15.4. The molecule has 1 fully saturated rings. The second kappa shape index (κ2) is 12.4. The van der Waals surface area contributed by atoms with Gasteiger partial charge in [0.15, 0.2) is 0 Å². The number of rotatable bonds is 2. The van der Waals surface area contributed by atoms with Crippen molar-refractivity contribution < 1.29 is 9.31 Å². The fraction of sp³-hybridized carbons (Fsp3) is 0.186. The van der Waals surface area contributed by atoms with E-state index < -0.39 is 29.2 Å². The van der Waals surface area contributed by atoms with Crippen molar-refractivity contribution in [1.29, 1.82) is 0 Å². The van der Waals surface area contributed by atoms with Crippen molar-refractivity contribution in [3.8, 4) is 33.4 Å². The molecule has 0 amide bonds. The molecule has 3 aliphatic heterocycles. The Balaban J connectivity index is 1.28. The normalized spacial score (nSPS) is 17.8. The van der Waals surface area contributed by atoms with Gasteiger partial charge in [-0.3, -0.25) is 0 Å². The zero-order valence-corrected chi connectivity index (χ0v) is 36.9. The zero-order valence-electron chi connectivity index (χ0n) is 36.9. The van der Waals surface area contributed by atoms with Crippen LogP contribution < -0.4 is 10.4 Å². The van der Waals surface area contributed by atoms with Gasteiger partial charge in [0, 0.05) is 5.46 Å². The number of hydrogen-bond donors (Lipinski definition) is 0. The Bertz CT molecular complexity index is 3170. The smallest absolute Gasteiger partial charge is 0.399 e. The lowest BCUT2D eigenvalue weighted by Crippen LogP contribution is -2.47. The van der Waals surface area contributed by atoms with Crippen LogP contribution in [-0.4, -0.2) is 18.3 Å². The van der Waals surface area contributed by atoms with Gasteiger partial charge in [0.25, 0.3) is 0 Å². The Morgan fingerprint density at radius 2 is 0.825 bits per heavy atom. The molecule has 5 aliphatic rings. The number of nitrogens with zero attached hydrogens (tertiary/aromatic N) is 1. The maximum Gasteiger partial charge on any atom is 0.497 e. The molecule has 0 bridgehead atoms. The molecule has 63 heavy (non-hydrogen) atoms. The number of fused-ring (bicyclic) bond motifs is 18. The molecule has 304 valence electrons. The molecule has 3 nitrogen and oxygen atoms in total. The van der Waals surface area contributed by atoms with E-state index in [-0.39, 0.29) is 0 Å². The zero-order chi connectivity index (χ0) is 42.8. The second-order valence-electron chi connectivity index (χ2n) is 19.6. The largest absolute Gasteiger partial charge is 0.497 e. The van der Waals surface area contributed by atoms with Gasteiger partial charge < -0.3 is 14.2 Å². The van der Waals surface area contributed by atoms with E-state index in [4.69, 9.17) is 9.31 Å². The summed E-state index contributed by atoms with van der Waals surface area (Å²) in [6.07, 6.45) is 0. The number of aryl methyl sites for hydroxylation is 3. The monoisotopic (exact) mass is 813 g/mol. The van der Waals surface area contributed by atoms with E-state index in [1.807, 2.05) is 0 Å². The van der Waals surface area contributed by atoms with Crippen molar-refractivity contribution in [1.82, 2.24) is 0 Å². The minimum atomic E-state index is -0.684. The van der Waals surface area contributed by atoms with Crippen molar-refractivity contribution in [2.75, 3.05) is 4.90 Å². The third kappa shape index (κ3) is 4.43. The minimum Gasteiger partial charge on any atom is -0.399 e. The first-order valence-electron chi connectivity index (χ1n) is 22.5. The van der Waals surface area contributed by atoms with E-state index in [0.717, 1.165) is 11.2 Å². The molecular formula is C59H48BNO2. The Morgan fingerprint density at radius 3 is 1.32 bits per heavy atom. The van der Waals surface area contributed by atoms with Gasteiger partial charge in [-0.15, -0.1) is 0 Å². The lowest BCUT2D eigenvalue weighted by atomic mass is 9.57. The Hall–Kier alpha value is -6.46. The molecule has 0 radical (unpaired) electrons. The van der Waals surface area contributed by atoms with Gasteiger partial charge in [-0.05, 0) is 156 Å². The van der Waals surface area contributed by atoms with Gasteiger partial charge in [0.2, 0.25) is 0 Å². The molecule has 0 aromatic heterocycles. The van der Waals surface area contributed by atoms with Crippen molar-refractivity contribution in [2.45, 2.75) is 70.5 Å². The quantitative estimate of drug-likeness (QED) is 0.162. The molecule has 4 heteroatoms. The predicted molar refractivity (Wildman–Crippen MR) is 258 cm³/mol. The van der Waals surface area contributed by atoms with E-state index in [9.17, 15) is 0 Å². The summed E-state index contributed by atoms with van der Waals surface area (Å²) in [5.74, 6) is 0. The average Bonchev–Trinajstić information content (AvgIpc) is 3.83. The summed E-state index contributed by atoms with van der Waals surface area (Å²) in [4.78, 5) is 2.62. The van der Waals surface area contributed by atoms with E-state index in [1.165, 1.54) is 106 Å². The highest BCUT2D eigenvalue weighted by Gasteiger charge is 2.60. The lowest BCUT2D eigenvalue weighted by Gasteiger charge is -2.53. The molecule has 2 spiro atoms. The van der Waals surface area contributed by atoms with Gasteiger partial charge in [-0.1, -0.05) is 151 Å². The van der Waals surface area contributed by atoms with Crippen LogP contribution in [0.2, 0.25) is 0 Å². The fourth-order valence-corrected chi connectivity index (χ4v) is 12.8. The number of hydrogen-bond acceptors (Lipinski definition) is 3. The van der Waals surface area contributed by atoms with Crippen molar-refractivity contribution in [3.63, 3.8) is 0 Å². The van der Waals surface area contributed by atoms with Gasteiger partial charge in [-0.2, -0.15) is 0 Å². The van der Waals surface area contributed by atoms with Crippen LogP contribution in [0.5, 0.6) is 0 Å². The van der Waals surface area contributed by atoms with Crippen LogP contribution >= 0.6 is 0 Å². The molecule has 0 N–H and O–H groups in total. The molecule has 0 saturated carbocycles. The molecule has 0 unspecified atom stereocenters. The molecule has 13 rings (SSSR count). The average molecular weight is 814 g/mol. The number of para-hydroxylation sites is 2. The van der Waals surface area contributed by atoms with Crippen LogP contribution in [0.4, 0.5) is 17.1 Å². The summed E-state index contributed by atoms with van der Waals surface area (Å²) in [5.41, 5.74) is 24.1. The highest BCUT2D eigenvalue weighted by Crippen LogP contribution is 2.70. The maximum atomic E-state index is 7.07. The van der Waals surface area contributed by atoms with Gasteiger partial charge >= 0.3 is 7.12 Å². The van der Waals surface area contributed by atoms with Gasteiger partial charge in [0.1, 0.15) is 0 Å². The first-order valence-corrected chi connectivity index (χ1v) is 22.5. The second-order valence-corrected chi connectivity index (χ2v) is 19.6. The van der Waals surface area contributed by atoms with E-state index >= 15 is 0 Å². The Kier molecular flexibility index (Phi) is 7.30. The third-order valence-corrected chi connectivity index (χ3v) is 15.8. The summed E-state index contributed by atoms with van der Waals surface area (Å²) in [6, 6.07) is 62.6. The number of benzene rings is 8. The van der Waals surface area contributed by atoms with Crippen LogP contribution in [0, 0.1) is 20.8 Å². The molecule has 8 aromatic rings. The summed E-state index contributed by atoms with van der Waals surface area (Å²) in [7, 11) is -0.591. The SMILES string of the molecule is Cc1cc(C)c(-c2cc3c4c(c2)C2(c5ccccc5-c5ccccc52)c2cccc(B5OC(C)(C)C(C)(C)O5)c2N4c2ccccc2C32c3ccccc3-c3ccccc32)c(C)c1. The molecule has 8 aromatic carbocycles. The van der Waals surface area contributed by atoms with Crippen LogP contribution in [0.15, 0.2) is 164 Å².